The number of aryl methyl sites for hydroxylation is 2. The van der Waals surface area contributed by atoms with Gasteiger partial charge < -0.3 is 18.6 Å². The van der Waals surface area contributed by atoms with Crippen molar-refractivity contribution in [2.45, 2.75) is 38.0 Å². The van der Waals surface area contributed by atoms with Gasteiger partial charge in [-0.05, 0) is 37.4 Å². The lowest BCUT2D eigenvalue weighted by atomic mass is 10.00. The van der Waals surface area contributed by atoms with Crippen LogP contribution in [0.15, 0.2) is 47.3 Å². The molecule has 2 aromatic heterocycles. The molecule has 3 aromatic rings. The van der Waals surface area contributed by atoms with Gasteiger partial charge in [0.1, 0.15) is 23.9 Å². The maximum atomic E-state index is 6.68. The third kappa shape index (κ3) is 3.19. The SMILES string of the molecule is CN1CCC(OC2c3ccccc3CCn3cc(-c4ncco4)nc32)CC1. The zero-order valence-electron chi connectivity index (χ0n) is 15.5. The summed E-state index contributed by atoms with van der Waals surface area (Å²) in [6.07, 6.45) is 8.47. The monoisotopic (exact) mass is 364 g/mol. The smallest absolute Gasteiger partial charge is 0.246 e. The Kier molecular flexibility index (Phi) is 4.30. The highest BCUT2D eigenvalue weighted by Gasteiger charge is 2.31. The van der Waals surface area contributed by atoms with Crippen LogP contribution in [0.1, 0.15) is 35.9 Å². The molecule has 1 aromatic carbocycles. The molecule has 0 N–H and O–H groups in total. The Hall–Kier alpha value is -2.44. The van der Waals surface area contributed by atoms with Crippen molar-refractivity contribution in [1.29, 1.82) is 0 Å². The van der Waals surface area contributed by atoms with Gasteiger partial charge in [0.15, 0.2) is 0 Å². The minimum atomic E-state index is -0.152. The first kappa shape index (κ1) is 16.7. The Bertz CT molecular complexity index is 910. The quantitative estimate of drug-likeness (QED) is 0.714. The molecule has 6 heteroatoms. The molecule has 4 heterocycles. The number of piperidine rings is 1. The molecule has 27 heavy (non-hydrogen) atoms. The number of fused-ring (bicyclic) bond motifs is 2. The molecule has 0 amide bonds. The van der Waals surface area contributed by atoms with Crippen molar-refractivity contribution in [1.82, 2.24) is 19.4 Å². The molecule has 2 aliphatic rings. The fourth-order valence-corrected chi connectivity index (χ4v) is 4.12. The number of likely N-dealkylation sites (tertiary alicyclic amines) is 1. The highest BCUT2D eigenvalue weighted by atomic mass is 16.5. The molecule has 6 nitrogen and oxygen atoms in total. The topological polar surface area (TPSA) is 56.3 Å². The lowest BCUT2D eigenvalue weighted by Gasteiger charge is -2.32. The van der Waals surface area contributed by atoms with Gasteiger partial charge in [0, 0.05) is 25.8 Å². The van der Waals surface area contributed by atoms with E-state index in [0.29, 0.717) is 5.89 Å². The number of rotatable bonds is 3. The van der Waals surface area contributed by atoms with Crippen LogP contribution >= 0.6 is 0 Å². The third-order valence-corrected chi connectivity index (χ3v) is 5.65. The lowest BCUT2D eigenvalue weighted by Crippen LogP contribution is -2.35. The first-order valence-corrected chi connectivity index (χ1v) is 9.66. The Balaban J connectivity index is 1.53. The fourth-order valence-electron chi connectivity index (χ4n) is 4.12. The van der Waals surface area contributed by atoms with Crippen LogP contribution in [0.5, 0.6) is 0 Å². The Morgan fingerprint density at radius 1 is 1.15 bits per heavy atom. The number of oxazole rings is 1. The summed E-state index contributed by atoms with van der Waals surface area (Å²) in [5.41, 5.74) is 3.35. The number of benzene rings is 1. The van der Waals surface area contributed by atoms with E-state index in [1.807, 2.05) is 6.20 Å². The zero-order chi connectivity index (χ0) is 18.2. The first-order chi connectivity index (χ1) is 13.3. The Labute approximate surface area is 158 Å². The summed E-state index contributed by atoms with van der Waals surface area (Å²) >= 11 is 0. The van der Waals surface area contributed by atoms with E-state index in [1.54, 1.807) is 12.5 Å². The van der Waals surface area contributed by atoms with Gasteiger partial charge in [0.05, 0.1) is 12.3 Å². The molecule has 1 atom stereocenters. The molecule has 140 valence electrons. The maximum Gasteiger partial charge on any atom is 0.246 e. The number of hydrogen-bond donors (Lipinski definition) is 0. The molecule has 0 saturated carbocycles. The second kappa shape index (κ2) is 6.94. The van der Waals surface area contributed by atoms with Crippen molar-refractivity contribution in [2.24, 2.45) is 0 Å². The molecule has 0 spiro atoms. The van der Waals surface area contributed by atoms with E-state index in [9.17, 15) is 0 Å². The summed E-state index contributed by atoms with van der Waals surface area (Å²) < 4.78 is 14.4. The van der Waals surface area contributed by atoms with Gasteiger partial charge in [-0.2, -0.15) is 0 Å². The van der Waals surface area contributed by atoms with Crippen LogP contribution in [-0.4, -0.2) is 45.7 Å². The zero-order valence-corrected chi connectivity index (χ0v) is 15.5. The highest BCUT2D eigenvalue weighted by molar-refractivity contribution is 5.47. The van der Waals surface area contributed by atoms with Crippen LogP contribution in [0, 0.1) is 0 Å². The van der Waals surface area contributed by atoms with E-state index < -0.39 is 0 Å². The van der Waals surface area contributed by atoms with Gasteiger partial charge in [-0.3, -0.25) is 0 Å². The summed E-state index contributed by atoms with van der Waals surface area (Å²) in [5.74, 6) is 1.51. The Morgan fingerprint density at radius 2 is 2.00 bits per heavy atom. The normalized spacial score (nSPS) is 20.9. The van der Waals surface area contributed by atoms with Gasteiger partial charge in [0.25, 0.3) is 0 Å². The molecule has 0 radical (unpaired) electrons. The third-order valence-electron chi connectivity index (χ3n) is 5.65. The van der Waals surface area contributed by atoms with Crippen LogP contribution < -0.4 is 0 Å². The summed E-state index contributed by atoms with van der Waals surface area (Å²) in [6, 6.07) is 8.60. The molecule has 0 aliphatic carbocycles. The van der Waals surface area contributed by atoms with Crippen LogP contribution in [0.4, 0.5) is 0 Å². The van der Waals surface area contributed by atoms with Gasteiger partial charge in [-0.25, -0.2) is 9.97 Å². The largest absolute Gasteiger partial charge is 0.443 e. The minimum absolute atomic E-state index is 0.152. The van der Waals surface area contributed by atoms with E-state index in [1.165, 1.54) is 11.1 Å². The number of nitrogens with zero attached hydrogens (tertiary/aromatic N) is 4. The van der Waals surface area contributed by atoms with Crippen molar-refractivity contribution in [3.8, 4) is 11.6 Å². The van der Waals surface area contributed by atoms with E-state index in [-0.39, 0.29) is 12.2 Å². The van der Waals surface area contributed by atoms with Gasteiger partial charge in [-0.1, -0.05) is 24.3 Å². The van der Waals surface area contributed by atoms with E-state index in [4.69, 9.17) is 14.1 Å². The minimum Gasteiger partial charge on any atom is -0.443 e. The second-order valence-corrected chi connectivity index (χ2v) is 7.48. The number of hydrogen-bond acceptors (Lipinski definition) is 5. The molecule has 0 bridgehead atoms. The molecule has 1 saturated heterocycles. The van der Waals surface area contributed by atoms with Crippen LogP contribution in [-0.2, 0) is 17.7 Å². The predicted octanol–water partition coefficient (Wildman–Crippen LogP) is 3.29. The van der Waals surface area contributed by atoms with Crippen LogP contribution in [0.3, 0.4) is 0 Å². The average Bonchev–Trinajstić information content (AvgIpc) is 3.34. The summed E-state index contributed by atoms with van der Waals surface area (Å²) in [6.45, 7) is 3.04. The summed E-state index contributed by atoms with van der Waals surface area (Å²) in [5, 5.41) is 0. The number of aromatic nitrogens is 3. The van der Waals surface area contributed by atoms with Gasteiger partial charge in [0.2, 0.25) is 5.89 Å². The van der Waals surface area contributed by atoms with Crippen molar-refractivity contribution < 1.29 is 9.15 Å². The lowest BCUT2D eigenvalue weighted by molar-refractivity contribution is -0.0275. The Morgan fingerprint density at radius 3 is 2.81 bits per heavy atom. The van der Waals surface area contributed by atoms with Crippen LogP contribution in [0.25, 0.3) is 11.6 Å². The average molecular weight is 364 g/mol. The summed E-state index contributed by atoms with van der Waals surface area (Å²) in [7, 11) is 2.17. The van der Waals surface area contributed by atoms with Crippen molar-refractivity contribution in [2.75, 3.05) is 20.1 Å². The fraction of sp³-hybridized carbons (Fsp3) is 0.429. The van der Waals surface area contributed by atoms with Gasteiger partial charge in [-0.15, -0.1) is 0 Å². The van der Waals surface area contributed by atoms with E-state index in [2.05, 4.69) is 45.8 Å². The van der Waals surface area contributed by atoms with E-state index in [0.717, 1.165) is 50.4 Å². The molecular weight excluding hydrogens is 340 g/mol. The molecule has 2 aliphatic heterocycles. The summed E-state index contributed by atoms with van der Waals surface area (Å²) in [4.78, 5) is 11.5. The molecule has 1 fully saturated rings. The molecular formula is C21H24N4O2. The predicted molar refractivity (Wildman–Crippen MR) is 101 cm³/mol. The van der Waals surface area contributed by atoms with Crippen molar-refractivity contribution >= 4 is 0 Å². The maximum absolute atomic E-state index is 6.68. The molecule has 5 rings (SSSR count). The van der Waals surface area contributed by atoms with Gasteiger partial charge >= 0.3 is 0 Å². The number of ether oxygens (including phenoxy) is 1. The highest BCUT2D eigenvalue weighted by Crippen LogP contribution is 2.35. The molecule has 1 unspecified atom stereocenters. The van der Waals surface area contributed by atoms with Crippen molar-refractivity contribution in [3.63, 3.8) is 0 Å². The first-order valence-electron chi connectivity index (χ1n) is 9.66. The number of imidazole rings is 1. The standard InChI is InChI=1S/C21H24N4O2/c1-24-10-7-16(8-11-24)27-19-17-5-3-2-4-15(17)6-12-25-14-18(23-20(19)25)21-22-9-13-26-21/h2-5,9,13-14,16,19H,6-8,10-12H2,1H3. The van der Waals surface area contributed by atoms with E-state index >= 15 is 0 Å². The van der Waals surface area contributed by atoms with Crippen molar-refractivity contribution in [3.05, 3.63) is 59.9 Å². The van der Waals surface area contributed by atoms with Crippen LogP contribution in [0.2, 0.25) is 0 Å². The second-order valence-electron chi connectivity index (χ2n) is 7.48.